The first-order valence-electron chi connectivity index (χ1n) is 6.79. The molecule has 0 bridgehead atoms. The molecule has 1 aromatic carbocycles. The lowest BCUT2D eigenvalue weighted by molar-refractivity contribution is 0.171. The van der Waals surface area contributed by atoms with Gasteiger partial charge in [0.05, 0.1) is 0 Å². The van der Waals surface area contributed by atoms with Crippen molar-refractivity contribution < 1.29 is 22.0 Å². The highest BCUT2D eigenvalue weighted by molar-refractivity contribution is 5.24. The highest BCUT2D eigenvalue weighted by Gasteiger charge is 2.28. The summed E-state index contributed by atoms with van der Waals surface area (Å²) in [5.74, 6) is -9.44. The molecule has 2 rings (SSSR count). The van der Waals surface area contributed by atoms with Crippen LogP contribution in [0.2, 0.25) is 0 Å². The molecule has 0 unspecified atom stereocenters. The summed E-state index contributed by atoms with van der Waals surface area (Å²) in [6.45, 7) is -0.328. The first-order valence-corrected chi connectivity index (χ1v) is 6.79. The van der Waals surface area contributed by atoms with Crippen molar-refractivity contribution in [3.05, 3.63) is 34.6 Å². The standard InChI is InChI=1S/C14H17F5N2/c1-21(8-4-2-7(20)3-5-8)6-9-10(15)12(17)14(19)13(18)11(9)16/h7-8H,2-6,20H2,1H3. The fraction of sp³-hybridized carbons (Fsp3) is 0.571. The maximum absolute atomic E-state index is 13.6. The van der Waals surface area contributed by atoms with Gasteiger partial charge in [0.2, 0.25) is 5.82 Å². The summed E-state index contributed by atoms with van der Waals surface area (Å²) in [6.07, 6.45) is 3.05. The predicted octanol–water partition coefficient (Wildman–Crippen LogP) is 3.08. The third-order valence-corrected chi connectivity index (χ3v) is 4.07. The molecule has 1 fully saturated rings. The van der Waals surface area contributed by atoms with Gasteiger partial charge >= 0.3 is 0 Å². The van der Waals surface area contributed by atoms with Crippen LogP contribution >= 0.6 is 0 Å². The lowest BCUT2D eigenvalue weighted by Crippen LogP contribution is -2.38. The van der Waals surface area contributed by atoms with Gasteiger partial charge in [0.25, 0.3) is 0 Å². The van der Waals surface area contributed by atoms with E-state index in [1.807, 2.05) is 0 Å². The average molecular weight is 308 g/mol. The molecule has 0 amide bonds. The van der Waals surface area contributed by atoms with Gasteiger partial charge in [-0.05, 0) is 32.7 Å². The van der Waals surface area contributed by atoms with Gasteiger partial charge in [-0.25, -0.2) is 22.0 Å². The maximum Gasteiger partial charge on any atom is 0.200 e. The van der Waals surface area contributed by atoms with E-state index in [1.165, 1.54) is 0 Å². The van der Waals surface area contributed by atoms with Crippen LogP contribution in [0.4, 0.5) is 22.0 Å². The molecule has 1 aliphatic rings. The Hall–Kier alpha value is -1.21. The number of hydrogen-bond acceptors (Lipinski definition) is 2. The lowest BCUT2D eigenvalue weighted by atomic mass is 9.91. The second-order valence-corrected chi connectivity index (χ2v) is 5.53. The minimum absolute atomic E-state index is 0.0276. The molecule has 0 aromatic heterocycles. The number of halogens is 5. The van der Waals surface area contributed by atoms with Crippen molar-refractivity contribution in [2.45, 2.75) is 44.3 Å². The summed E-state index contributed by atoms with van der Waals surface area (Å²) in [4.78, 5) is 1.62. The Balaban J connectivity index is 2.20. The van der Waals surface area contributed by atoms with Crippen molar-refractivity contribution >= 4 is 0 Å². The second kappa shape index (κ2) is 6.27. The second-order valence-electron chi connectivity index (χ2n) is 5.53. The molecule has 21 heavy (non-hydrogen) atoms. The minimum Gasteiger partial charge on any atom is -0.328 e. The van der Waals surface area contributed by atoms with Crippen molar-refractivity contribution in [2.24, 2.45) is 5.73 Å². The summed E-state index contributed by atoms with van der Waals surface area (Å²) in [7, 11) is 1.61. The van der Waals surface area contributed by atoms with Crippen LogP contribution in [-0.4, -0.2) is 24.0 Å². The van der Waals surface area contributed by atoms with Gasteiger partial charge in [-0.1, -0.05) is 0 Å². The van der Waals surface area contributed by atoms with Gasteiger partial charge in [0.15, 0.2) is 23.3 Å². The number of nitrogens with two attached hydrogens (primary N) is 1. The molecule has 0 aliphatic heterocycles. The number of nitrogens with zero attached hydrogens (tertiary/aromatic N) is 1. The molecule has 0 atom stereocenters. The van der Waals surface area contributed by atoms with E-state index >= 15 is 0 Å². The highest BCUT2D eigenvalue weighted by Crippen LogP contribution is 2.27. The van der Waals surface area contributed by atoms with Crippen LogP contribution in [0, 0.1) is 29.1 Å². The van der Waals surface area contributed by atoms with Gasteiger partial charge in [0, 0.05) is 24.2 Å². The van der Waals surface area contributed by atoms with Crippen molar-refractivity contribution in [3.8, 4) is 0 Å². The normalized spacial score (nSPS) is 22.9. The molecule has 0 saturated heterocycles. The van der Waals surface area contributed by atoms with Gasteiger partial charge in [-0.2, -0.15) is 0 Å². The van der Waals surface area contributed by atoms with Gasteiger partial charge < -0.3 is 5.73 Å². The van der Waals surface area contributed by atoms with Gasteiger partial charge in [0.1, 0.15) is 0 Å². The summed E-state index contributed by atoms with van der Waals surface area (Å²) >= 11 is 0. The van der Waals surface area contributed by atoms with Crippen LogP contribution in [-0.2, 0) is 6.54 Å². The summed E-state index contributed by atoms with van der Waals surface area (Å²) in [5.41, 5.74) is 4.99. The molecular formula is C14H17F5N2. The van der Waals surface area contributed by atoms with Crippen LogP contribution in [0.15, 0.2) is 0 Å². The Kier molecular flexibility index (Phi) is 4.83. The zero-order chi connectivity index (χ0) is 15.7. The molecule has 1 aromatic rings. The first kappa shape index (κ1) is 16.2. The molecule has 1 saturated carbocycles. The monoisotopic (exact) mass is 308 g/mol. The maximum atomic E-state index is 13.6. The fourth-order valence-corrected chi connectivity index (χ4v) is 2.71. The molecule has 118 valence electrons. The van der Waals surface area contributed by atoms with Crippen molar-refractivity contribution in [3.63, 3.8) is 0 Å². The molecule has 7 heteroatoms. The van der Waals surface area contributed by atoms with Crippen LogP contribution in [0.5, 0.6) is 0 Å². The molecule has 0 radical (unpaired) electrons. The van der Waals surface area contributed by atoms with Gasteiger partial charge in [-0.15, -0.1) is 0 Å². The van der Waals surface area contributed by atoms with Crippen molar-refractivity contribution in [1.29, 1.82) is 0 Å². The topological polar surface area (TPSA) is 29.3 Å². The number of benzene rings is 1. The summed E-state index contributed by atoms with van der Waals surface area (Å²) in [5, 5.41) is 0. The van der Waals surface area contributed by atoms with Crippen LogP contribution < -0.4 is 5.73 Å². The molecular weight excluding hydrogens is 291 g/mol. The average Bonchev–Trinajstić information content (AvgIpc) is 2.48. The Morgan fingerprint density at radius 2 is 1.29 bits per heavy atom. The third-order valence-electron chi connectivity index (χ3n) is 4.07. The van der Waals surface area contributed by atoms with E-state index in [9.17, 15) is 22.0 Å². The summed E-state index contributed by atoms with van der Waals surface area (Å²) in [6, 6.07) is 0.142. The van der Waals surface area contributed by atoms with E-state index in [0.717, 1.165) is 25.7 Å². The Morgan fingerprint density at radius 3 is 1.76 bits per heavy atom. The van der Waals surface area contributed by atoms with E-state index in [-0.39, 0.29) is 18.6 Å². The van der Waals surface area contributed by atoms with Crippen LogP contribution in [0.3, 0.4) is 0 Å². The smallest absolute Gasteiger partial charge is 0.200 e. The quantitative estimate of drug-likeness (QED) is 0.528. The molecule has 2 N–H and O–H groups in total. The number of rotatable bonds is 3. The highest BCUT2D eigenvalue weighted by atomic mass is 19.2. The summed E-state index contributed by atoms with van der Waals surface area (Å²) < 4.78 is 66.5. The van der Waals surface area contributed by atoms with E-state index in [0.29, 0.717) is 0 Å². The zero-order valence-corrected chi connectivity index (χ0v) is 11.6. The zero-order valence-electron chi connectivity index (χ0n) is 11.6. The third kappa shape index (κ3) is 3.18. The molecule has 0 spiro atoms. The minimum atomic E-state index is -2.12. The fourth-order valence-electron chi connectivity index (χ4n) is 2.71. The van der Waals surface area contributed by atoms with Crippen molar-refractivity contribution in [2.75, 3.05) is 7.05 Å². The largest absolute Gasteiger partial charge is 0.328 e. The van der Waals surface area contributed by atoms with E-state index in [2.05, 4.69) is 0 Å². The van der Waals surface area contributed by atoms with E-state index in [4.69, 9.17) is 5.73 Å². The van der Waals surface area contributed by atoms with E-state index in [1.54, 1.807) is 11.9 Å². The Labute approximate surface area is 119 Å². The SMILES string of the molecule is CN(Cc1c(F)c(F)c(F)c(F)c1F)C1CCC(N)CC1. The Morgan fingerprint density at radius 1 is 0.857 bits per heavy atom. The molecule has 1 aliphatic carbocycles. The van der Waals surface area contributed by atoms with Crippen LogP contribution in [0.1, 0.15) is 31.2 Å². The van der Waals surface area contributed by atoms with Gasteiger partial charge in [-0.3, -0.25) is 4.90 Å². The number of hydrogen-bond donors (Lipinski definition) is 1. The molecule has 2 nitrogen and oxygen atoms in total. The Bertz CT molecular complexity index is 498. The predicted molar refractivity (Wildman–Crippen MR) is 67.9 cm³/mol. The lowest BCUT2D eigenvalue weighted by Gasteiger charge is -2.33. The van der Waals surface area contributed by atoms with Crippen LogP contribution in [0.25, 0.3) is 0 Å². The van der Waals surface area contributed by atoms with E-state index < -0.39 is 34.6 Å². The molecule has 0 heterocycles. The first-order chi connectivity index (χ1) is 9.82. The van der Waals surface area contributed by atoms with Crippen molar-refractivity contribution in [1.82, 2.24) is 4.90 Å².